The normalized spacial score (nSPS) is 7.56. The summed E-state index contributed by atoms with van der Waals surface area (Å²) < 4.78 is 0. The van der Waals surface area contributed by atoms with E-state index in [4.69, 9.17) is 5.53 Å². The quantitative estimate of drug-likeness (QED) is 0.420. The molecular weight excluding hydrogens is 226 g/mol. The third-order valence-electron chi connectivity index (χ3n) is 1.38. The molecule has 5 heteroatoms. The van der Waals surface area contributed by atoms with Gasteiger partial charge < -0.3 is 5.84 Å². The van der Waals surface area contributed by atoms with Crippen LogP contribution < -0.4 is 5.84 Å². The Balaban J connectivity index is 0. The number of rotatable bonds is 0. The van der Waals surface area contributed by atoms with Gasteiger partial charge in [-0.25, -0.2) is 0 Å². The first-order chi connectivity index (χ1) is 8.79. The van der Waals surface area contributed by atoms with Gasteiger partial charge in [-0.3, -0.25) is 9.97 Å². The van der Waals surface area contributed by atoms with E-state index in [1.807, 2.05) is 38.1 Å². The van der Waals surface area contributed by atoms with Crippen molar-refractivity contribution in [1.82, 2.24) is 9.97 Å². The summed E-state index contributed by atoms with van der Waals surface area (Å²) in [5.74, 6) is 4.14. The predicted octanol–water partition coefficient (Wildman–Crippen LogP) is 3.96. The maximum absolute atomic E-state index is 5.61. The summed E-state index contributed by atoms with van der Waals surface area (Å²) in [7, 11) is 0. The maximum atomic E-state index is 5.61. The van der Waals surface area contributed by atoms with E-state index in [0.29, 0.717) is 0 Å². The Morgan fingerprint density at radius 3 is 1.61 bits per heavy atom. The molecule has 1 aromatic heterocycles. The Kier molecular flexibility index (Phi) is 15.2. The number of nitrogens with one attached hydrogen (secondary N) is 1. The molecular formula is C13H23N5. The SMILES string of the molecule is CC.CCC.N=NN.c1ccc2nccnc2c1. The number of aromatic nitrogens is 2. The Morgan fingerprint density at radius 1 is 1.06 bits per heavy atom. The van der Waals surface area contributed by atoms with Gasteiger partial charge in [0.2, 0.25) is 0 Å². The number of hydrogen-bond donors (Lipinski definition) is 2. The van der Waals surface area contributed by atoms with Crippen LogP contribution in [0.4, 0.5) is 0 Å². The van der Waals surface area contributed by atoms with Crippen molar-refractivity contribution in [3.63, 3.8) is 0 Å². The van der Waals surface area contributed by atoms with Gasteiger partial charge in [0.15, 0.2) is 0 Å². The highest BCUT2D eigenvalue weighted by Gasteiger charge is 1.88. The fourth-order valence-electron chi connectivity index (χ4n) is 0.910. The monoisotopic (exact) mass is 249 g/mol. The summed E-state index contributed by atoms with van der Waals surface area (Å²) in [5, 5.41) is 2.25. The smallest absolute Gasteiger partial charge is 0.0886 e. The van der Waals surface area contributed by atoms with Gasteiger partial charge in [-0.2, -0.15) is 5.53 Å². The Bertz CT molecular complexity index is 338. The average molecular weight is 249 g/mol. The van der Waals surface area contributed by atoms with Crippen molar-refractivity contribution in [3.05, 3.63) is 36.7 Å². The van der Waals surface area contributed by atoms with E-state index >= 15 is 0 Å². The number of para-hydroxylation sites is 2. The van der Waals surface area contributed by atoms with Crippen LogP contribution in [0.25, 0.3) is 11.0 Å². The highest BCUT2D eigenvalue weighted by atomic mass is 15.2. The first kappa shape index (κ1) is 18.3. The van der Waals surface area contributed by atoms with E-state index < -0.39 is 0 Å². The standard InChI is InChI=1S/C8H6N2.C3H8.C2H6.H3N3/c1-2-4-8-7(3-1)9-5-6-10-8;1-3-2;1-2;1-3-2/h1-6H;3H2,1-2H3;1-2H3;(H3,1,2). The minimum atomic E-state index is 0.949. The molecule has 0 saturated heterocycles. The van der Waals surface area contributed by atoms with Crippen molar-refractivity contribution in [2.75, 3.05) is 0 Å². The van der Waals surface area contributed by atoms with Crippen molar-refractivity contribution in [1.29, 1.82) is 5.53 Å². The molecule has 2 rings (SSSR count). The summed E-state index contributed by atoms with van der Waals surface area (Å²) >= 11 is 0. The van der Waals surface area contributed by atoms with Gasteiger partial charge in [-0.1, -0.05) is 51.5 Å². The molecule has 5 nitrogen and oxygen atoms in total. The van der Waals surface area contributed by atoms with E-state index in [-0.39, 0.29) is 0 Å². The molecule has 0 spiro atoms. The molecule has 0 radical (unpaired) electrons. The lowest BCUT2D eigenvalue weighted by Gasteiger charge is -1.90. The van der Waals surface area contributed by atoms with Crippen LogP contribution in [0.2, 0.25) is 0 Å². The van der Waals surface area contributed by atoms with E-state index in [1.54, 1.807) is 12.4 Å². The second-order valence-corrected chi connectivity index (χ2v) is 2.88. The van der Waals surface area contributed by atoms with Crippen molar-refractivity contribution in [2.24, 2.45) is 11.1 Å². The molecule has 100 valence electrons. The lowest BCUT2D eigenvalue weighted by Crippen LogP contribution is -1.78. The number of hydrogen-bond acceptors (Lipinski definition) is 4. The molecule has 18 heavy (non-hydrogen) atoms. The summed E-state index contributed by atoms with van der Waals surface area (Å²) in [6, 6.07) is 7.80. The largest absolute Gasteiger partial charge is 0.305 e. The Morgan fingerprint density at radius 2 is 1.33 bits per heavy atom. The zero-order chi connectivity index (χ0) is 14.2. The van der Waals surface area contributed by atoms with E-state index in [0.717, 1.165) is 11.0 Å². The van der Waals surface area contributed by atoms with Crippen molar-refractivity contribution in [2.45, 2.75) is 34.1 Å². The molecule has 0 bridgehead atoms. The van der Waals surface area contributed by atoms with Crippen LogP contribution in [0.5, 0.6) is 0 Å². The lowest BCUT2D eigenvalue weighted by molar-refractivity contribution is 0.991. The number of nitrogens with zero attached hydrogens (tertiary/aromatic N) is 3. The fourth-order valence-corrected chi connectivity index (χ4v) is 0.910. The molecule has 1 aromatic carbocycles. The summed E-state index contributed by atoms with van der Waals surface area (Å²) in [6.07, 6.45) is 4.64. The zero-order valence-electron chi connectivity index (χ0n) is 11.6. The summed E-state index contributed by atoms with van der Waals surface area (Å²) in [5.41, 5.74) is 7.51. The molecule has 0 amide bonds. The third-order valence-corrected chi connectivity index (χ3v) is 1.38. The molecule has 2 aromatic rings. The molecule has 1 heterocycles. The van der Waals surface area contributed by atoms with Crippen LogP contribution >= 0.6 is 0 Å². The molecule has 0 saturated carbocycles. The van der Waals surface area contributed by atoms with Crippen molar-refractivity contribution < 1.29 is 0 Å². The van der Waals surface area contributed by atoms with Crippen LogP contribution in [0.3, 0.4) is 0 Å². The maximum Gasteiger partial charge on any atom is 0.0886 e. The Labute approximate surface area is 109 Å². The van der Waals surface area contributed by atoms with Crippen LogP contribution in [0, 0.1) is 5.53 Å². The van der Waals surface area contributed by atoms with Crippen molar-refractivity contribution in [3.8, 4) is 0 Å². The molecule has 0 unspecified atom stereocenters. The first-order valence-corrected chi connectivity index (χ1v) is 6.02. The zero-order valence-corrected chi connectivity index (χ0v) is 11.6. The molecule has 0 aliphatic carbocycles. The van der Waals surface area contributed by atoms with Crippen LogP contribution in [0.15, 0.2) is 41.9 Å². The predicted molar refractivity (Wildman–Crippen MR) is 76.2 cm³/mol. The second-order valence-electron chi connectivity index (χ2n) is 2.88. The van der Waals surface area contributed by atoms with E-state index in [2.05, 4.69) is 34.9 Å². The van der Waals surface area contributed by atoms with Gasteiger partial charge in [0, 0.05) is 12.4 Å². The molecule has 0 fully saturated rings. The molecule has 0 aliphatic rings. The van der Waals surface area contributed by atoms with Gasteiger partial charge in [0.05, 0.1) is 11.0 Å². The molecule has 0 aliphatic heterocycles. The average Bonchev–Trinajstić information content (AvgIpc) is 2.43. The topological polar surface area (TPSA) is 88.0 Å². The highest BCUT2D eigenvalue weighted by molar-refractivity contribution is 5.72. The van der Waals surface area contributed by atoms with Crippen LogP contribution in [0.1, 0.15) is 34.1 Å². The number of benzene rings is 1. The minimum Gasteiger partial charge on any atom is -0.305 e. The third kappa shape index (κ3) is 9.21. The van der Waals surface area contributed by atoms with Gasteiger partial charge >= 0.3 is 0 Å². The minimum absolute atomic E-state index is 0.949. The molecule has 0 atom stereocenters. The van der Waals surface area contributed by atoms with E-state index in [1.165, 1.54) is 6.42 Å². The van der Waals surface area contributed by atoms with Gasteiger partial charge in [0.1, 0.15) is 0 Å². The number of nitrogens with two attached hydrogens (primary N) is 1. The lowest BCUT2D eigenvalue weighted by atomic mass is 10.3. The van der Waals surface area contributed by atoms with Crippen LogP contribution in [-0.4, -0.2) is 9.97 Å². The number of fused-ring (bicyclic) bond motifs is 1. The van der Waals surface area contributed by atoms with Crippen LogP contribution in [-0.2, 0) is 0 Å². The first-order valence-electron chi connectivity index (χ1n) is 6.02. The van der Waals surface area contributed by atoms with Crippen molar-refractivity contribution >= 4 is 11.0 Å². The summed E-state index contributed by atoms with van der Waals surface area (Å²) in [4.78, 5) is 8.24. The Hall–Kier alpha value is -2.04. The second kappa shape index (κ2) is 15.0. The van der Waals surface area contributed by atoms with Gasteiger partial charge in [0.25, 0.3) is 0 Å². The summed E-state index contributed by atoms with van der Waals surface area (Å²) in [6.45, 7) is 8.25. The fraction of sp³-hybridized carbons (Fsp3) is 0.385. The van der Waals surface area contributed by atoms with E-state index in [9.17, 15) is 0 Å². The molecule has 3 N–H and O–H groups in total. The van der Waals surface area contributed by atoms with Gasteiger partial charge in [-0.05, 0) is 12.1 Å². The van der Waals surface area contributed by atoms with Gasteiger partial charge in [-0.15, -0.1) is 0 Å². The highest BCUT2D eigenvalue weighted by Crippen LogP contribution is 2.04.